The van der Waals surface area contributed by atoms with Crippen LogP contribution in [0.2, 0.25) is 0 Å². The molecule has 5 nitrogen and oxygen atoms in total. The average molecular weight is 528 g/mol. The zero-order valence-electron chi connectivity index (χ0n) is 23.4. The number of fused-ring (bicyclic) bond motifs is 2. The van der Waals surface area contributed by atoms with Crippen LogP contribution in [0.25, 0.3) is 11.1 Å². The molecule has 0 saturated carbocycles. The molecule has 0 aliphatic carbocycles. The molecule has 0 spiro atoms. The van der Waals surface area contributed by atoms with E-state index in [-0.39, 0.29) is 24.8 Å². The van der Waals surface area contributed by atoms with Crippen molar-refractivity contribution in [3.05, 3.63) is 50.8 Å². The van der Waals surface area contributed by atoms with E-state index in [1.807, 2.05) is 32.6 Å². The highest BCUT2D eigenvalue weighted by molar-refractivity contribution is 5.87. The number of halogens is 2. The predicted molar refractivity (Wildman–Crippen MR) is 144 cm³/mol. The topological polar surface area (TPSA) is 66.8 Å². The molecule has 206 valence electrons. The summed E-state index contributed by atoms with van der Waals surface area (Å²) in [5.74, 6) is -1.14. The molecule has 1 amide bonds. The van der Waals surface area contributed by atoms with Gasteiger partial charge >= 0.3 is 5.97 Å². The molecule has 0 bridgehead atoms. The number of amides is 1. The summed E-state index contributed by atoms with van der Waals surface area (Å²) in [5, 5.41) is 9.80. The molecule has 1 N–H and O–H groups in total. The molecule has 0 fully saturated rings. The maximum atomic E-state index is 15.3. The zero-order chi connectivity index (χ0) is 27.9. The Morgan fingerprint density at radius 2 is 1.87 bits per heavy atom. The smallest absolute Gasteiger partial charge is 0.307 e. The molecule has 38 heavy (non-hydrogen) atoms. The van der Waals surface area contributed by atoms with Crippen LogP contribution in [-0.4, -0.2) is 40.2 Å². The summed E-state index contributed by atoms with van der Waals surface area (Å²) in [7, 11) is 0. The molecule has 2 aliphatic rings. The van der Waals surface area contributed by atoms with Crippen LogP contribution in [0.4, 0.5) is 8.78 Å². The predicted octanol–water partition coefficient (Wildman–Crippen LogP) is 6.56. The fourth-order valence-electron chi connectivity index (χ4n) is 6.24. The highest BCUT2D eigenvalue weighted by atomic mass is 19.1. The van der Waals surface area contributed by atoms with E-state index in [4.69, 9.17) is 4.74 Å². The standard InChI is InChI=1S/C31H39F2NO4/c1-7-20(10-11-31(5,6)33)34-16-25-19(4)29(24(15-28(36)37)18(3)22(25)14-27(34)35)23-13-26(32)30-21(17(23)2)9-8-12-38-30/h13,20H,7-12,14-16H2,1-6H3,(H,36,37). The molecule has 2 aromatic rings. The molecule has 1 atom stereocenters. The minimum atomic E-state index is -1.31. The molecular weight excluding hydrogens is 488 g/mol. The summed E-state index contributed by atoms with van der Waals surface area (Å²) in [6.07, 6.45) is 3.10. The molecule has 0 saturated heterocycles. The van der Waals surface area contributed by atoms with E-state index in [2.05, 4.69) is 0 Å². The van der Waals surface area contributed by atoms with Crippen LogP contribution < -0.4 is 4.74 Å². The van der Waals surface area contributed by atoms with Gasteiger partial charge < -0.3 is 14.7 Å². The van der Waals surface area contributed by atoms with Crippen molar-refractivity contribution in [3.8, 4) is 16.9 Å². The Morgan fingerprint density at radius 1 is 1.16 bits per heavy atom. The SMILES string of the molecule is CCC(CCC(C)(C)F)N1Cc2c(C)c(-c3cc(F)c4c(c3C)CCCO4)c(CC(=O)O)c(C)c2CC1=O. The highest BCUT2D eigenvalue weighted by Gasteiger charge is 2.34. The lowest BCUT2D eigenvalue weighted by Crippen LogP contribution is -2.44. The molecule has 2 aromatic carbocycles. The van der Waals surface area contributed by atoms with Gasteiger partial charge in [-0.25, -0.2) is 8.78 Å². The lowest BCUT2D eigenvalue weighted by molar-refractivity contribution is -0.136. The van der Waals surface area contributed by atoms with Crippen molar-refractivity contribution in [1.82, 2.24) is 4.90 Å². The van der Waals surface area contributed by atoms with Crippen molar-refractivity contribution in [3.63, 3.8) is 0 Å². The second-order valence-electron chi connectivity index (χ2n) is 11.4. The largest absolute Gasteiger partial charge is 0.490 e. The lowest BCUT2D eigenvalue weighted by atomic mass is 9.79. The third kappa shape index (κ3) is 5.29. The maximum absolute atomic E-state index is 15.3. The van der Waals surface area contributed by atoms with Gasteiger partial charge in [0.05, 0.1) is 19.4 Å². The van der Waals surface area contributed by atoms with Gasteiger partial charge in [0.25, 0.3) is 0 Å². The number of benzene rings is 2. The van der Waals surface area contributed by atoms with Crippen molar-refractivity contribution in [2.24, 2.45) is 0 Å². The Balaban J connectivity index is 1.88. The second-order valence-corrected chi connectivity index (χ2v) is 11.4. The van der Waals surface area contributed by atoms with Gasteiger partial charge in [0, 0.05) is 18.2 Å². The summed E-state index contributed by atoms with van der Waals surface area (Å²) in [6.45, 7) is 11.8. The van der Waals surface area contributed by atoms with Crippen molar-refractivity contribution in [1.29, 1.82) is 0 Å². The summed E-state index contributed by atoms with van der Waals surface area (Å²) in [6, 6.07) is 1.38. The van der Waals surface area contributed by atoms with Crippen LogP contribution in [0, 0.1) is 26.6 Å². The number of nitrogens with zero attached hydrogens (tertiary/aromatic N) is 1. The number of aliphatic carboxylic acids is 1. The van der Waals surface area contributed by atoms with E-state index >= 15 is 4.39 Å². The summed E-state index contributed by atoms with van der Waals surface area (Å²) in [5.41, 5.74) is 5.97. The number of ether oxygens (including phenoxy) is 1. The summed E-state index contributed by atoms with van der Waals surface area (Å²) >= 11 is 0. The van der Waals surface area contributed by atoms with Crippen LogP contribution in [0.5, 0.6) is 5.75 Å². The van der Waals surface area contributed by atoms with Gasteiger partial charge in [-0.3, -0.25) is 9.59 Å². The number of carbonyl (C=O) groups is 2. The number of rotatable bonds is 8. The second kappa shape index (κ2) is 10.7. The van der Waals surface area contributed by atoms with Crippen molar-refractivity contribution in [2.45, 2.75) is 105 Å². The van der Waals surface area contributed by atoms with Gasteiger partial charge in [-0.05, 0) is 117 Å². The highest BCUT2D eigenvalue weighted by Crippen LogP contribution is 2.43. The normalized spacial score (nSPS) is 16.1. The molecule has 1 unspecified atom stereocenters. The molecule has 0 radical (unpaired) electrons. The fourth-order valence-corrected chi connectivity index (χ4v) is 6.24. The van der Waals surface area contributed by atoms with E-state index < -0.39 is 17.5 Å². The third-order valence-electron chi connectivity index (χ3n) is 8.39. The minimum absolute atomic E-state index is 0.0225. The number of carbonyl (C=O) groups excluding carboxylic acids is 1. The Morgan fingerprint density at radius 3 is 2.50 bits per heavy atom. The van der Waals surface area contributed by atoms with E-state index in [1.165, 1.54) is 6.07 Å². The van der Waals surface area contributed by atoms with E-state index in [9.17, 15) is 19.1 Å². The zero-order valence-corrected chi connectivity index (χ0v) is 23.4. The summed E-state index contributed by atoms with van der Waals surface area (Å²) < 4.78 is 35.2. The van der Waals surface area contributed by atoms with Gasteiger partial charge in [0.15, 0.2) is 11.6 Å². The molecule has 2 aliphatic heterocycles. The van der Waals surface area contributed by atoms with Gasteiger partial charge in [0.2, 0.25) is 5.91 Å². The first-order chi connectivity index (χ1) is 17.8. The van der Waals surface area contributed by atoms with Crippen LogP contribution in [0.3, 0.4) is 0 Å². The fraction of sp³-hybridized carbons (Fsp3) is 0.548. The van der Waals surface area contributed by atoms with E-state index in [0.717, 1.165) is 45.4 Å². The van der Waals surface area contributed by atoms with Crippen LogP contribution in [0.1, 0.15) is 85.4 Å². The number of hydrogen-bond donors (Lipinski definition) is 1. The Hall–Kier alpha value is -2.96. The average Bonchev–Trinajstić information content (AvgIpc) is 2.85. The van der Waals surface area contributed by atoms with Crippen molar-refractivity contribution in [2.75, 3.05) is 6.61 Å². The van der Waals surface area contributed by atoms with Gasteiger partial charge in [-0.2, -0.15) is 0 Å². The molecule has 4 rings (SSSR count). The number of carboxylic acids is 1. The van der Waals surface area contributed by atoms with Crippen LogP contribution >= 0.6 is 0 Å². The Labute approximate surface area is 224 Å². The van der Waals surface area contributed by atoms with E-state index in [1.54, 1.807) is 13.8 Å². The number of carboxylic acid groups (broad SMARTS) is 1. The lowest BCUT2D eigenvalue weighted by Gasteiger charge is -2.38. The van der Waals surface area contributed by atoms with Crippen LogP contribution in [0.15, 0.2) is 6.07 Å². The van der Waals surface area contributed by atoms with Gasteiger partial charge in [0.1, 0.15) is 5.67 Å². The summed E-state index contributed by atoms with van der Waals surface area (Å²) in [4.78, 5) is 27.2. The van der Waals surface area contributed by atoms with E-state index in [0.29, 0.717) is 55.7 Å². The minimum Gasteiger partial charge on any atom is -0.490 e. The van der Waals surface area contributed by atoms with Crippen molar-refractivity contribution < 1.29 is 28.2 Å². The van der Waals surface area contributed by atoms with Crippen LogP contribution in [-0.2, 0) is 35.4 Å². The monoisotopic (exact) mass is 527 g/mol. The Bertz CT molecular complexity index is 1280. The first-order valence-electron chi connectivity index (χ1n) is 13.6. The first-order valence-corrected chi connectivity index (χ1v) is 13.6. The van der Waals surface area contributed by atoms with Crippen molar-refractivity contribution >= 4 is 11.9 Å². The first kappa shape index (κ1) is 28.1. The Kier molecular flexibility index (Phi) is 7.87. The maximum Gasteiger partial charge on any atom is 0.307 e. The number of alkyl halides is 1. The number of hydrogen-bond acceptors (Lipinski definition) is 3. The molecule has 7 heteroatoms. The van der Waals surface area contributed by atoms with Gasteiger partial charge in [-0.1, -0.05) is 6.92 Å². The third-order valence-corrected chi connectivity index (χ3v) is 8.39. The molecule has 0 aromatic heterocycles. The molecular formula is C31H39F2NO4. The van der Waals surface area contributed by atoms with Gasteiger partial charge in [-0.15, -0.1) is 0 Å². The quantitative estimate of drug-likeness (QED) is 0.422. The molecule has 2 heterocycles.